The first kappa shape index (κ1) is 10.8. The number of benzene rings is 1. The maximum atomic E-state index is 13.0. The minimum Gasteiger partial charge on any atom is -0.493 e. The summed E-state index contributed by atoms with van der Waals surface area (Å²) in [6.45, 7) is 0. The minimum absolute atomic E-state index is 0.108. The zero-order valence-electron chi connectivity index (χ0n) is 7.87. The second kappa shape index (κ2) is 4.05. The normalized spacial score (nSPS) is 10.4. The number of nitrogens with zero attached hydrogens (tertiary/aromatic N) is 1. The number of aromatic hydroxyl groups is 1. The Morgan fingerprint density at radius 1 is 1.38 bits per heavy atom. The molecule has 1 heterocycles. The van der Waals surface area contributed by atoms with Gasteiger partial charge in [-0.25, -0.2) is 4.39 Å². The molecule has 82 valence electrons. The summed E-state index contributed by atoms with van der Waals surface area (Å²) in [7, 11) is 0. The van der Waals surface area contributed by atoms with E-state index < -0.39 is 17.3 Å². The van der Waals surface area contributed by atoms with E-state index in [1.807, 2.05) is 0 Å². The van der Waals surface area contributed by atoms with E-state index in [9.17, 15) is 14.3 Å². The van der Waals surface area contributed by atoms with Gasteiger partial charge in [-0.2, -0.15) is 4.98 Å². The van der Waals surface area contributed by atoms with Crippen LogP contribution < -0.4 is 5.56 Å². The van der Waals surface area contributed by atoms with Crippen LogP contribution in [0, 0.1) is 5.82 Å². The number of nitrogens with one attached hydrogen (secondary N) is 1. The highest BCUT2D eigenvalue weighted by Gasteiger charge is 2.08. The van der Waals surface area contributed by atoms with Crippen LogP contribution in [0.3, 0.4) is 0 Å². The SMILES string of the molecule is O=c1cc(O)nc(-c2cc(F)ccc2Br)[nH]1. The lowest BCUT2D eigenvalue weighted by molar-refractivity contribution is 0.452. The van der Waals surface area contributed by atoms with Crippen LogP contribution in [0.2, 0.25) is 0 Å². The van der Waals surface area contributed by atoms with E-state index >= 15 is 0 Å². The molecule has 0 radical (unpaired) electrons. The lowest BCUT2D eigenvalue weighted by atomic mass is 10.2. The highest BCUT2D eigenvalue weighted by Crippen LogP contribution is 2.26. The molecule has 0 bridgehead atoms. The van der Waals surface area contributed by atoms with Gasteiger partial charge in [0.1, 0.15) is 11.6 Å². The Labute approximate surface area is 97.9 Å². The van der Waals surface area contributed by atoms with Gasteiger partial charge < -0.3 is 10.1 Å². The van der Waals surface area contributed by atoms with Crippen LogP contribution in [-0.4, -0.2) is 15.1 Å². The van der Waals surface area contributed by atoms with Gasteiger partial charge in [0.15, 0.2) is 0 Å². The molecule has 0 aliphatic heterocycles. The molecule has 0 amide bonds. The topological polar surface area (TPSA) is 66.0 Å². The lowest BCUT2D eigenvalue weighted by Gasteiger charge is -2.03. The Morgan fingerprint density at radius 2 is 2.12 bits per heavy atom. The lowest BCUT2D eigenvalue weighted by Crippen LogP contribution is -2.06. The average Bonchev–Trinajstić information content (AvgIpc) is 2.20. The Balaban J connectivity index is 2.66. The van der Waals surface area contributed by atoms with E-state index in [4.69, 9.17) is 0 Å². The van der Waals surface area contributed by atoms with Crippen molar-refractivity contribution in [2.45, 2.75) is 0 Å². The monoisotopic (exact) mass is 284 g/mol. The molecule has 2 N–H and O–H groups in total. The summed E-state index contributed by atoms with van der Waals surface area (Å²) in [5.41, 5.74) is -0.133. The maximum absolute atomic E-state index is 13.0. The Hall–Kier alpha value is -1.69. The fraction of sp³-hybridized carbons (Fsp3) is 0. The summed E-state index contributed by atoms with van der Waals surface area (Å²) in [5.74, 6) is -0.754. The molecular formula is C10H6BrFN2O2. The van der Waals surface area contributed by atoms with Gasteiger partial charge in [0.05, 0.1) is 6.07 Å². The highest BCUT2D eigenvalue weighted by molar-refractivity contribution is 9.10. The first-order valence-electron chi connectivity index (χ1n) is 4.32. The second-order valence-electron chi connectivity index (χ2n) is 3.08. The van der Waals surface area contributed by atoms with Gasteiger partial charge in [-0.3, -0.25) is 4.79 Å². The van der Waals surface area contributed by atoms with E-state index in [1.54, 1.807) is 0 Å². The standard InChI is InChI=1S/C10H6BrFN2O2/c11-7-2-1-5(12)3-6(7)10-13-8(15)4-9(16)14-10/h1-4H,(H2,13,14,15,16). The van der Waals surface area contributed by atoms with Crippen molar-refractivity contribution in [1.29, 1.82) is 0 Å². The number of aromatic nitrogens is 2. The third-order valence-electron chi connectivity index (χ3n) is 1.91. The first-order valence-corrected chi connectivity index (χ1v) is 5.11. The molecule has 2 aromatic rings. The van der Waals surface area contributed by atoms with Crippen molar-refractivity contribution in [3.63, 3.8) is 0 Å². The van der Waals surface area contributed by atoms with Crippen LogP contribution in [-0.2, 0) is 0 Å². The molecule has 16 heavy (non-hydrogen) atoms. The molecule has 0 saturated carbocycles. The van der Waals surface area contributed by atoms with Crippen molar-refractivity contribution in [3.05, 3.63) is 44.9 Å². The van der Waals surface area contributed by atoms with Crippen LogP contribution in [0.5, 0.6) is 5.88 Å². The molecule has 1 aromatic carbocycles. The smallest absolute Gasteiger partial charge is 0.254 e. The zero-order valence-corrected chi connectivity index (χ0v) is 9.45. The van der Waals surface area contributed by atoms with Crippen LogP contribution in [0.15, 0.2) is 33.5 Å². The van der Waals surface area contributed by atoms with Gasteiger partial charge in [-0.05, 0) is 18.2 Å². The third kappa shape index (κ3) is 2.11. The molecule has 6 heteroatoms. The summed E-state index contributed by atoms with van der Waals surface area (Å²) >= 11 is 3.21. The van der Waals surface area contributed by atoms with Crippen LogP contribution in [0.25, 0.3) is 11.4 Å². The maximum Gasteiger partial charge on any atom is 0.254 e. The van der Waals surface area contributed by atoms with E-state index in [0.717, 1.165) is 6.07 Å². The number of hydrogen-bond acceptors (Lipinski definition) is 3. The summed E-state index contributed by atoms with van der Waals surface area (Å²) in [4.78, 5) is 17.2. The van der Waals surface area contributed by atoms with Crippen molar-refractivity contribution in [1.82, 2.24) is 9.97 Å². The number of H-pyrrole nitrogens is 1. The van der Waals surface area contributed by atoms with Gasteiger partial charge in [0.25, 0.3) is 5.56 Å². The average molecular weight is 285 g/mol. The molecule has 0 saturated heterocycles. The number of rotatable bonds is 1. The Morgan fingerprint density at radius 3 is 2.81 bits per heavy atom. The van der Waals surface area contributed by atoms with Crippen LogP contribution in [0.1, 0.15) is 0 Å². The molecular weight excluding hydrogens is 279 g/mol. The summed E-state index contributed by atoms with van der Waals surface area (Å²) in [6.07, 6.45) is 0. The molecule has 0 aliphatic rings. The Kier molecular flexibility index (Phi) is 2.74. The first-order chi connectivity index (χ1) is 7.56. The predicted octanol–water partition coefficient (Wildman–Crippen LogP) is 2.04. The molecule has 0 aliphatic carbocycles. The van der Waals surface area contributed by atoms with Gasteiger partial charge in [-0.1, -0.05) is 15.9 Å². The molecule has 0 unspecified atom stereocenters. The largest absolute Gasteiger partial charge is 0.493 e. The summed E-state index contributed by atoms with van der Waals surface area (Å²) in [5, 5.41) is 9.18. The molecule has 1 aromatic heterocycles. The fourth-order valence-electron chi connectivity index (χ4n) is 1.25. The van der Waals surface area contributed by atoms with Crippen molar-refractivity contribution >= 4 is 15.9 Å². The molecule has 0 atom stereocenters. The van der Waals surface area contributed by atoms with Crippen molar-refractivity contribution in [2.75, 3.05) is 0 Å². The fourth-order valence-corrected chi connectivity index (χ4v) is 1.69. The van der Waals surface area contributed by atoms with E-state index in [2.05, 4.69) is 25.9 Å². The molecule has 0 fully saturated rings. The van der Waals surface area contributed by atoms with Crippen LogP contribution >= 0.6 is 15.9 Å². The minimum atomic E-state index is -0.501. The number of hydrogen-bond donors (Lipinski definition) is 2. The quantitative estimate of drug-likeness (QED) is 0.842. The predicted molar refractivity (Wildman–Crippen MR) is 59.6 cm³/mol. The number of halogens is 2. The zero-order chi connectivity index (χ0) is 11.7. The highest BCUT2D eigenvalue weighted by atomic mass is 79.9. The van der Waals surface area contributed by atoms with Crippen molar-refractivity contribution in [2.24, 2.45) is 0 Å². The summed E-state index contributed by atoms with van der Waals surface area (Å²) < 4.78 is 13.6. The van der Waals surface area contributed by atoms with E-state index in [0.29, 0.717) is 10.0 Å². The van der Waals surface area contributed by atoms with Gasteiger partial charge in [-0.15, -0.1) is 0 Å². The van der Waals surface area contributed by atoms with Gasteiger partial charge >= 0.3 is 0 Å². The van der Waals surface area contributed by atoms with Gasteiger partial charge in [0.2, 0.25) is 5.88 Å². The van der Waals surface area contributed by atoms with Crippen LogP contribution in [0.4, 0.5) is 4.39 Å². The molecule has 2 rings (SSSR count). The molecule has 4 nitrogen and oxygen atoms in total. The molecule has 0 spiro atoms. The number of aromatic amines is 1. The van der Waals surface area contributed by atoms with Crippen molar-refractivity contribution < 1.29 is 9.50 Å². The third-order valence-corrected chi connectivity index (χ3v) is 2.60. The van der Waals surface area contributed by atoms with E-state index in [1.165, 1.54) is 18.2 Å². The van der Waals surface area contributed by atoms with Crippen molar-refractivity contribution in [3.8, 4) is 17.3 Å². The van der Waals surface area contributed by atoms with Gasteiger partial charge in [0, 0.05) is 10.0 Å². The van der Waals surface area contributed by atoms with E-state index in [-0.39, 0.29) is 5.82 Å². The second-order valence-corrected chi connectivity index (χ2v) is 3.93. The Bertz CT molecular complexity index is 598. The summed E-state index contributed by atoms with van der Waals surface area (Å²) in [6, 6.07) is 4.92.